The summed E-state index contributed by atoms with van der Waals surface area (Å²) in [5.74, 6) is 0.383. The van der Waals surface area contributed by atoms with Crippen LogP contribution < -0.4 is 5.41 Å². The molecular formula is C13H19FN+. The molecule has 0 fully saturated rings. The molecule has 15 heavy (non-hydrogen) atoms. The summed E-state index contributed by atoms with van der Waals surface area (Å²) in [4.78, 5) is 0. The lowest BCUT2D eigenvalue weighted by Gasteiger charge is -2.04. The standard InChI is InChI=1S/C13H18FN/c1-9(2)4-7-13(15)11-6-5-10(3)8-12(11)14/h5-6,8-9,15H,4,7H2,1-3H3/p+1. The van der Waals surface area contributed by atoms with Crippen LogP contribution in [0.5, 0.6) is 0 Å². The fourth-order valence-corrected chi connectivity index (χ4v) is 1.46. The van der Waals surface area contributed by atoms with Gasteiger partial charge in [-0.25, -0.2) is 4.39 Å². The maximum atomic E-state index is 13.5. The van der Waals surface area contributed by atoms with Crippen molar-refractivity contribution in [3.05, 3.63) is 35.1 Å². The van der Waals surface area contributed by atoms with Gasteiger partial charge >= 0.3 is 0 Å². The highest BCUT2D eigenvalue weighted by Crippen LogP contribution is 2.13. The summed E-state index contributed by atoms with van der Waals surface area (Å²) in [6.45, 7) is 6.15. The number of rotatable bonds is 4. The molecule has 0 atom stereocenters. The number of aryl methyl sites for hydroxylation is 1. The molecular weight excluding hydrogens is 189 g/mol. The molecule has 0 heterocycles. The molecule has 0 unspecified atom stereocenters. The Morgan fingerprint density at radius 2 is 2.07 bits per heavy atom. The van der Waals surface area contributed by atoms with Crippen molar-refractivity contribution >= 4 is 5.71 Å². The second kappa shape index (κ2) is 5.06. The maximum Gasteiger partial charge on any atom is 0.183 e. The Balaban J connectivity index is 2.74. The monoisotopic (exact) mass is 208 g/mol. The van der Waals surface area contributed by atoms with E-state index in [4.69, 9.17) is 5.41 Å². The number of nitrogens with two attached hydrogens (primary N) is 1. The van der Waals surface area contributed by atoms with Crippen LogP contribution in [0, 0.1) is 18.7 Å². The van der Waals surface area contributed by atoms with E-state index in [0.717, 1.165) is 18.4 Å². The van der Waals surface area contributed by atoms with Crippen LogP contribution in [0.2, 0.25) is 0 Å². The smallest absolute Gasteiger partial charge is 0.183 e. The van der Waals surface area contributed by atoms with Crippen LogP contribution in [0.1, 0.15) is 37.8 Å². The third-order valence-electron chi connectivity index (χ3n) is 2.46. The fourth-order valence-electron chi connectivity index (χ4n) is 1.46. The summed E-state index contributed by atoms with van der Waals surface area (Å²) in [6, 6.07) is 5.18. The first-order chi connectivity index (χ1) is 7.00. The van der Waals surface area contributed by atoms with Gasteiger partial charge in [-0.3, -0.25) is 5.41 Å². The van der Waals surface area contributed by atoms with Crippen LogP contribution in [0.25, 0.3) is 0 Å². The predicted molar refractivity (Wildman–Crippen MR) is 61.2 cm³/mol. The Kier molecular flexibility index (Phi) is 4.01. The SMILES string of the molecule is Cc1ccc(C(=[NH2+])CCC(C)C)c(F)c1. The van der Waals surface area contributed by atoms with E-state index >= 15 is 0 Å². The Labute approximate surface area is 90.8 Å². The lowest BCUT2D eigenvalue weighted by atomic mass is 9.99. The summed E-state index contributed by atoms with van der Waals surface area (Å²) >= 11 is 0. The van der Waals surface area contributed by atoms with Crippen LogP contribution in [-0.2, 0) is 0 Å². The van der Waals surface area contributed by atoms with Gasteiger partial charge < -0.3 is 0 Å². The minimum Gasteiger partial charge on any atom is -0.257 e. The summed E-state index contributed by atoms with van der Waals surface area (Å²) < 4.78 is 13.5. The third-order valence-corrected chi connectivity index (χ3v) is 2.46. The van der Waals surface area contributed by atoms with Gasteiger partial charge in [0.1, 0.15) is 5.82 Å². The molecule has 0 saturated heterocycles. The lowest BCUT2D eigenvalue weighted by Crippen LogP contribution is -2.41. The first kappa shape index (κ1) is 11.9. The Bertz CT molecular complexity index is 356. The van der Waals surface area contributed by atoms with Crippen molar-refractivity contribution in [2.75, 3.05) is 0 Å². The van der Waals surface area contributed by atoms with Crippen molar-refractivity contribution in [1.29, 1.82) is 0 Å². The highest BCUT2D eigenvalue weighted by Gasteiger charge is 2.12. The van der Waals surface area contributed by atoms with E-state index in [9.17, 15) is 4.39 Å². The number of benzene rings is 1. The topological polar surface area (TPSA) is 25.6 Å². The number of halogens is 1. The molecule has 0 aromatic heterocycles. The molecule has 2 N–H and O–H groups in total. The first-order valence-electron chi connectivity index (χ1n) is 5.38. The number of hydrogen-bond acceptors (Lipinski definition) is 0. The zero-order chi connectivity index (χ0) is 11.4. The summed E-state index contributed by atoms with van der Waals surface area (Å²) in [5.41, 5.74) is 2.13. The van der Waals surface area contributed by atoms with Gasteiger partial charge in [-0.1, -0.05) is 19.9 Å². The van der Waals surface area contributed by atoms with Gasteiger partial charge in [0.05, 0.1) is 5.56 Å². The molecule has 0 amide bonds. The van der Waals surface area contributed by atoms with Crippen LogP contribution in [0.15, 0.2) is 18.2 Å². The average Bonchev–Trinajstić information content (AvgIpc) is 2.14. The minimum atomic E-state index is -0.212. The van der Waals surface area contributed by atoms with Crippen molar-refractivity contribution in [1.82, 2.24) is 0 Å². The molecule has 1 nitrogen and oxygen atoms in total. The largest absolute Gasteiger partial charge is 0.257 e. The normalized spacial score (nSPS) is 10.7. The molecule has 0 spiro atoms. The van der Waals surface area contributed by atoms with Crippen molar-refractivity contribution in [2.45, 2.75) is 33.6 Å². The van der Waals surface area contributed by atoms with Gasteiger partial charge in [0.25, 0.3) is 0 Å². The van der Waals surface area contributed by atoms with E-state index in [1.165, 1.54) is 6.07 Å². The fraction of sp³-hybridized carbons (Fsp3) is 0.462. The maximum absolute atomic E-state index is 13.5. The zero-order valence-corrected chi connectivity index (χ0v) is 9.68. The second-order valence-electron chi connectivity index (χ2n) is 4.44. The van der Waals surface area contributed by atoms with Crippen molar-refractivity contribution in [3.8, 4) is 0 Å². The lowest BCUT2D eigenvalue weighted by molar-refractivity contribution is -0.115. The molecule has 1 rings (SSSR count). The molecule has 0 bridgehead atoms. The van der Waals surface area contributed by atoms with E-state index in [2.05, 4.69) is 13.8 Å². The highest BCUT2D eigenvalue weighted by molar-refractivity contribution is 5.96. The van der Waals surface area contributed by atoms with Crippen LogP contribution in [-0.4, -0.2) is 5.71 Å². The van der Waals surface area contributed by atoms with E-state index in [-0.39, 0.29) is 5.82 Å². The molecule has 1 aromatic rings. The molecule has 0 aliphatic rings. The van der Waals surface area contributed by atoms with Crippen molar-refractivity contribution in [2.24, 2.45) is 5.92 Å². The van der Waals surface area contributed by atoms with E-state index in [1.807, 2.05) is 13.0 Å². The molecule has 0 saturated carbocycles. The Morgan fingerprint density at radius 1 is 1.40 bits per heavy atom. The molecule has 0 radical (unpaired) electrons. The molecule has 0 aliphatic carbocycles. The van der Waals surface area contributed by atoms with Gasteiger partial charge in [0.15, 0.2) is 5.71 Å². The average molecular weight is 208 g/mol. The molecule has 1 aromatic carbocycles. The van der Waals surface area contributed by atoms with Gasteiger partial charge in [0.2, 0.25) is 0 Å². The van der Waals surface area contributed by atoms with Gasteiger partial charge in [-0.15, -0.1) is 0 Å². The second-order valence-corrected chi connectivity index (χ2v) is 4.44. The quantitative estimate of drug-likeness (QED) is 0.733. The number of hydrogen-bond donors (Lipinski definition) is 1. The first-order valence-corrected chi connectivity index (χ1v) is 5.38. The van der Waals surface area contributed by atoms with Crippen molar-refractivity contribution < 1.29 is 9.80 Å². The molecule has 2 heteroatoms. The van der Waals surface area contributed by atoms with Crippen LogP contribution in [0.3, 0.4) is 0 Å². The predicted octanol–water partition coefficient (Wildman–Crippen LogP) is 2.12. The zero-order valence-electron chi connectivity index (χ0n) is 9.68. The van der Waals surface area contributed by atoms with Gasteiger partial charge in [-0.05, 0) is 37.0 Å². The van der Waals surface area contributed by atoms with Crippen LogP contribution >= 0.6 is 0 Å². The molecule has 0 aliphatic heterocycles. The third kappa shape index (κ3) is 3.46. The van der Waals surface area contributed by atoms with Gasteiger partial charge in [-0.2, -0.15) is 0 Å². The highest BCUT2D eigenvalue weighted by atomic mass is 19.1. The Morgan fingerprint density at radius 3 is 2.60 bits per heavy atom. The van der Waals surface area contributed by atoms with E-state index < -0.39 is 0 Å². The molecule has 82 valence electrons. The summed E-state index contributed by atoms with van der Waals surface area (Å²) in [5, 5.41) is 5.87. The van der Waals surface area contributed by atoms with Gasteiger partial charge in [0, 0.05) is 6.42 Å². The van der Waals surface area contributed by atoms with E-state index in [0.29, 0.717) is 17.2 Å². The Hall–Kier alpha value is -1.18. The van der Waals surface area contributed by atoms with Crippen LogP contribution in [0.4, 0.5) is 4.39 Å². The summed E-state index contributed by atoms with van der Waals surface area (Å²) in [7, 11) is 0. The summed E-state index contributed by atoms with van der Waals surface area (Å²) in [6.07, 6.45) is 1.76. The van der Waals surface area contributed by atoms with Crippen molar-refractivity contribution in [3.63, 3.8) is 0 Å². The minimum absolute atomic E-state index is 0.212. The van der Waals surface area contributed by atoms with E-state index in [1.54, 1.807) is 6.07 Å².